The number of carbonyl (C=O) groups excluding carboxylic acids is 1. The van der Waals surface area contributed by atoms with Crippen LogP contribution in [0.2, 0.25) is 0 Å². The summed E-state index contributed by atoms with van der Waals surface area (Å²) in [7, 11) is 0. The standard InChI is InChI=1S/C19H25N3O3S/c1-12(2)22(18(23)14-6-4-13(3)5-7-14)17-16(19(24)25)10-21(20-17)15-8-9-26-11-15/h8-14H,4-7H2,1-3H3,(H,24,25). The Labute approximate surface area is 157 Å². The molecule has 140 valence electrons. The fourth-order valence-corrected chi connectivity index (χ4v) is 4.14. The monoisotopic (exact) mass is 375 g/mol. The van der Waals surface area contributed by atoms with Crippen molar-refractivity contribution in [3.8, 4) is 5.69 Å². The van der Waals surface area contributed by atoms with Crippen LogP contribution in [0.4, 0.5) is 5.82 Å². The maximum absolute atomic E-state index is 13.2. The van der Waals surface area contributed by atoms with Crippen LogP contribution in [-0.4, -0.2) is 32.8 Å². The Bertz CT molecular complexity index is 774. The Morgan fingerprint density at radius 2 is 2.00 bits per heavy atom. The van der Waals surface area contributed by atoms with Gasteiger partial charge in [-0.1, -0.05) is 6.92 Å². The number of anilines is 1. The molecule has 6 nitrogen and oxygen atoms in total. The van der Waals surface area contributed by atoms with E-state index >= 15 is 0 Å². The third-order valence-electron chi connectivity index (χ3n) is 5.04. The topological polar surface area (TPSA) is 75.4 Å². The highest BCUT2D eigenvalue weighted by Crippen LogP contribution is 2.32. The number of aromatic nitrogens is 2. The first-order chi connectivity index (χ1) is 12.4. The summed E-state index contributed by atoms with van der Waals surface area (Å²) in [5.41, 5.74) is 0.855. The number of aromatic carboxylic acids is 1. The van der Waals surface area contributed by atoms with Gasteiger partial charge in [-0.3, -0.25) is 9.69 Å². The Kier molecular flexibility index (Phi) is 5.46. The lowest BCUT2D eigenvalue weighted by Gasteiger charge is -2.32. The van der Waals surface area contributed by atoms with Gasteiger partial charge in [0.05, 0.1) is 5.69 Å². The quantitative estimate of drug-likeness (QED) is 0.850. The minimum atomic E-state index is -1.07. The third-order valence-corrected chi connectivity index (χ3v) is 5.71. The van der Waals surface area contributed by atoms with E-state index in [4.69, 9.17) is 0 Å². The lowest BCUT2D eigenvalue weighted by atomic mass is 9.82. The van der Waals surface area contributed by atoms with Crippen LogP contribution in [0.15, 0.2) is 23.0 Å². The highest BCUT2D eigenvalue weighted by Gasteiger charge is 2.34. The molecule has 0 radical (unpaired) electrons. The number of carbonyl (C=O) groups is 2. The Morgan fingerprint density at radius 3 is 2.54 bits per heavy atom. The molecule has 1 aliphatic carbocycles. The molecule has 2 aromatic heterocycles. The van der Waals surface area contributed by atoms with E-state index in [1.807, 2.05) is 30.7 Å². The molecule has 1 fully saturated rings. The van der Waals surface area contributed by atoms with Crippen LogP contribution in [0, 0.1) is 11.8 Å². The van der Waals surface area contributed by atoms with E-state index in [-0.39, 0.29) is 29.2 Å². The molecule has 2 aromatic rings. The highest BCUT2D eigenvalue weighted by molar-refractivity contribution is 7.08. The first-order valence-corrected chi connectivity index (χ1v) is 10.0. The molecule has 3 rings (SSSR count). The molecule has 1 amide bonds. The van der Waals surface area contributed by atoms with Gasteiger partial charge < -0.3 is 5.11 Å². The molecule has 0 spiro atoms. The van der Waals surface area contributed by atoms with Crippen molar-refractivity contribution in [3.05, 3.63) is 28.6 Å². The van der Waals surface area contributed by atoms with Crippen molar-refractivity contribution in [1.29, 1.82) is 0 Å². The molecule has 26 heavy (non-hydrogen) atoms. The van der Waals surface area contributed by atoms with Gasteiger partial charge in [0.1, 0.15) is 5.56 Å². The summed E-state index contributed by atoms with van der Waals surface area (Å²) in [6.07, 6.45) is 5.29. The molecule has 2 heterocycles. The van der Waals surface area contributed by atoms with Gasteiger partial charge >= 0.3 is 5.97 Å². The summed E-state index contributed by atoms with van der Waals surface area (Å²) < 4.78 is 1.54. The maximum atomic E-state index is 13.2. The van der Waals surface area contributed by atoms with Gasteiger partial charge in [-0.2, -0.15) is 11.3 Å². The first kappa shape index (κ1) is 18.6. The molecule has 1 saturated carbocycles. The average Bonchev–Trinajstić information content (AvgIpc) is 3.24. The SMILES string of the molecule is CC1CCC(C(=O)N(c2nn(-c3ccsc3)cc2C(=O)O)C(C)C)CC1. The number of hydrogen-bond acceptors (Lipinski definition) is 4. The van der Waals surface area contributed by atoms with Gasteiger partial charge in [0, 0.05) is 23.5 Å². The molecule has 0 bridgehead atoms. The normalized spacial score (nSPS) is 20.3. The molecule has 0 aliphatic heterocycles. The summed E-state index contributed by atoms with van der Waals surface area (Å²) in [6, 6.07) is 1.71. The zero-order valence-corrected chi connectivity index (χ0v) is 16.2. The summed E-state index contributed by atoms with van der Waals surface area (Å²) in [5, 5.41) is 17.9. The minimum Gasteiger partial charge on any atom is -0.477 e. The summed E-state index contributed by atoms with van der Waals surface area (Å²) in [5.74, 6) is -0.245. The lowest BCUT2D eigenvalue weighted by molar-refractivity contribution is -0.123. The van der Waals surface area contributed by atoms with Crippen LogP contribution < -0.4 is 4.90 Å². The second-order valence-electron chi connectivity index (χ2n) is 7.36. The second-order valence-corrected chi connectivity index (χ2v) is 8.14. The van der Waals surface area contributed by atoms with Crippen molar-refractivity contribution in [2.45, 2.75) is 52.5 Å². The summed E-state index contributed by atoms with van der Waals surface area (Å²) in [4.78, 5) is 26.6. The predicted molar refractivity (Wildman–Crippen MR) is 102 cm³/mol. The van der Waals surface area contributed by atoms with Crippen LogP contribution in [-0.2, 0) is 4.79 Å². The maximum Gasteiger partial charge on any atom is 0.341 e. The number of carboxylic acid groups (broad SMARTS) is 1. The van der Waals surface area contributed by atoms with Crippen LogP contribution >= 0.6 is 11.3 Å². The van der Waals surface area contributed by atoms with Crippen molar-refractivity contribution < 1.29 is 14.7 Å². The number of carboxylic acids is 1. The van der Waals surface area contributed by atoms with Crippen LogP contribution in [0.25, 0.3) is 5.69 Å². The van der Waals surface area contributed by atoms with Gasteiger partial charge in [-0.05, 0) is 56.9 Å². The van der Waals surface area contributed by atoms with E-state index in [1.54, 1.807) is 9.58 Å². The van der Waals surface area contributed by atoms with E-state index in [0.29, 0.717) is 5.92 Å². The molecular formula is C19H25N3O3S. The van der Waals surface area contributed by atoms with Crippen molar-refractivity contribution in [2.24, 2.45) is 11.8 Å². The summed E-state index contributed by atoms with van der Waals surface area (Å²) >= 11 is 1.51. The van der Waals surface area contributed by atoms with Gasteiger partial charge in [-0.25, -0.2) is 9.48 Å². The van der Waals surface area contributed by atoms with E-state index in [1.165, 1.54) is 17.5 Å². The first-order valence-electron chi connectivity index (χ1n) is 9.07. The van der Waals surface area contributed by atoms with Crippen molar-refractivity contribution in [2.75, 3.05) is 4.90 Å². The minimum absolute atomic E-state index is 0.00929. The Hall–Kier alpha value is -2.15. The molecule has 0 unspecified atom stereocenters. The van der Waals surface area contributed by atoms with Crippen LogP contribution in [0.3, 0.4) is 0 Å². The van der Waals surface area contributed by atoms with E-state index in [0.717, 1.165) is 31.4 Å². The Morgan fingerprint density at radius 1 is 1.31 bits per heavy atom. The molecule has 0 atom stereocenters. The van der Waals surface area contributed by atoms with E-state index in [9.17, 15) is 14.7 Å². The van der Waals surface area contributed by atoms with Crippen LogP contribution in [0.5, 0.6) is 0 Å². The van der Waals surface area contributed by atoms with Crippen molar-refractivity contribution >= 4 is 29.0 Å². The van der Waals surface area contributed by atoms with E-state index < -0.39 is 5.97 Å². The smallest absolute Gasteiger partial charge is 0.341 e. The van der Waals surface area contributed by atoms with Crippen molar-refractivity contribution in [1.82, 2.24) is 9.78 Å². The van der Waals surface area contributed by atoms with Gasteiger partial charge in [0.25, 0.3) is 0 Å². The van der Waals surface area contributed by atoms with Gasteiger partial charge in [0.2, 0.25) is 5.91 Å². The number of amides is 1. The largest absolute Gasteiger partial charge is 0.477 e. The average molecular weight is 375 g/mol. The third kappa shape index (κ3) is 3.67. The second kappa shape index (κ2) is 7.61. The zero-order valence-electron chi connectivity index (χ0n) is 15.4. The highest BCUT2D eigenvalue weighted by atomic mass is 32.1. The molecule has 0 saturated heterocycles. The molecular weight excluding hydrogens is 350 g/mol. The fraction of sp³-hybridized carbons (Fsp3) is 0.526. The molecule has 1 aliphatic rings. The summed E-state index contributed by atoms with van der Waals surface area (Å²) in [6.45, 7) is 6.02. The zero-order chi connectivity index (χ0) is 18.8. The predicted octanol–water partition coefficient (Wildman–Crippen LogP) is 4.20. The lowest BCUT2D eigenvalue weighted by Crippen LogP contribution is -2.43. The molecule has 0 aromatic carbocycles. The van der Waals surface area contributed by atoms with E-state index in [2.05, 4.69) is 12.0 Å². The van der Waals surface area contributed by atoms with Gasteiger partial charge in [-0.15, -0.1) is 5.10 Å². The van der Waals surface area contributed by atoms with Crippen LogP contribution in [0.1, 0.15) is 56.8 Å². The Balaban J connectivity index is 1.97. The molecule has 7 heteroatoms. The number of rotatable bonds is 5. The fourth-order valence-electron chi connectivity index (χ4n) is 3.52. The van der Waals surface area contributed by atoms with Gasteiger partial charge in [0.15, 0.2) is 5.82 Å². The number of nitrogens with zero attached hydrogens (tertiary/aromatic N) is 3. The number of hydrogen-bond donors (Lipinski definition) is 1. The van der Waals surface area contributed by atoms with Crippen molar-refractivity contribution in [3.63, 3.8) is 0 Å². The number of thiophene rings is 1. The molecule has 1 N–H and O–H groups in total.